The molecule has 2 aromatic rings. The molecule has 0 bridgehead atoms. The lowest BCUT2D eigenvalue weighted by atomic mass is 9.91. The second-order valence-electron chi connectivity index (χ2n) is 7.90. The smallest absolute Gasteiger partial charge is 0.226 e. The number of carbonyl (C=O) groups is 1. The second kappa shape index (κ2) is 7.73. The summed E-state index contributed by atoms with van der Waals surface area (Å²) in [6.07, 6.45) is 3.32. The summed E-state index contributed by atoms with van der Waals surface area (Å²) in [5, 5.41) is 3.42. The number of nitrogens with one attached hydrogen (secondary N) is 1. The van der Waals surface area contributed by atoms with Crippen molar-refractivity contribution in [3.05, 3.63) is 65.7 Å². The van der Waals surface area contributed by atoms with Crippen LogP contribution in [0.3, 0.4) is 0 Å². The Morgan fingerprint density at radius 3 is 2.30 bits per heavy atom. The van der Waals surface area contributed by atoms with E-state index in [0.717, 1.165) is 43.7 Å². The Bertz CT molecular complexity index is 767. The summed E-state index contributed by atoms with van der Waals surface area (Å²) in [4.78, 5) is 15.4. The molecular formula is C23H28N2O2. The lowest BCUT2D eigenvalue weighted by Gasteiger charge is -2.27. The van der Waals surface area contributed by atoms with Gasteiger partial charge < -0.3 is 15.0 Å². The monoisotopic (exact) mass is 364 g/mol. The highest BCUT2D eigenvalue weighted by Crippen LogP contribution is 2.59. The molecule has 0 radical (unpaired) electrons. The van der Waals surface area contributed by atoms with Gasteiger partial charge in [-0.15, -0.1) is 0 Å². The van der Waals surface area contributed by atoms with Gasteiger partial charge in [0.15, 0.2) is 0 Å². The quantitative estimate of drug-likeness (QED) is 0.851. The van der Waals surface area contributed by atoms with Crippen LogP contribution in [0.2, 0.25) is 0 Å². The van der Waals surface area contributed by atoms with E-state index >= 15 is 0 Å². The van der Waals surface area contributed by atoms with E-state index < -0.39 is 0 Å². The maximum Gasteiger partial charge on any atom is 0.226 e. The predicted molar refractivity (Wildman–Crippen MR) is 106 cm³/mol. The summed E-state index contributed by atoms with van der Waals surface area (Å²) in [5.41, 5.74) is 2.58. The van der Waals surface area contributed by atoms with Crippen LogP contribution in [0.1, 0.15) is 30.4 Å². The number of ether oxygens (including phenoxy) is 1. The molecule has 2 aliphatic rings. The Morgan fingerprint density at radius 2 is 1.67 bits per heavy atom. The molecule has 142 valence electrons. The first-order valence-corrected chi connectivity index (χ1v) is 9.87. The molecule has 1 saturated heterocycles. The first-order chi connectivity index (χ1) is 13.2. The van der Waals surface area contributed by atoms with Crippen molar-refractivity contribution in [1.82, 2.24) is 10.2 Å². The molecule has 4 heteroatoms. The summed E-state index contributed by atoms with van der Waals surface area (Å²) in [5.74, 6) is 1.36. The summed E-state index contributed by atoms with van der Waals surface area (Å²) < 4.78 is 5.25. The number of amides is 1. The molecule has 1 heterocycles. The summed E-state index contributed by atoms with van der Waals surface area (Å²) in [7, 11) is 1.67. The van der Waals surface area contributed by atoms with Gasteiger partial charge in [-0.1, -0.05) is 42.5 Å². The van der Waals surface area contributed by atoms with Crippen molar-refractivity contribution in [2.45, 2.75) is 32.4 Å². The molecular weight excluding hydrogens is 336 g/mol. The van der Waals surface area contributed by atoms with Gasteiger partial charge >= 0.3 is 0 Å². The van der Waals surface area contributed by atoms with E-state index in [9.17, 15) is 4.79 Å². The van der Waals surface area contributed by atoms with E-state index in [4.69, 9.17) is 4.74 Å². The first-order valence-electron chi connectivity index (χ1n) is 9.87. The topological polar surface area (TPSA) is 41.6 Å². The zero-order valence-electron chi connectivity index (χ0n) is 16.0. The number of piperidine rings is 1. The van der Waals surface area contributed by atoms with Crippen LogP contribution >= 0.6 is 0 Å². The number of benzene rings is 2. The van der Waals surface area contributed by atoms with Crippen LogP contribution in [0.4, 0.5) is 0 Å². The lowest BCUT2D eigenvalue weighted by molar-refractivity contribution is -0.135. The molecule has 4 nitrogen and oxygen atoms in total. The Hall–Kier alpha value is -2.33. The highest BCUT2D eigenvalue weighted by Gasteiger charge is 2.58. The van der Waals surface area contributed by atoms with Gasteiger partial charge in [0.1, 0.15) is 5.75 Å². The summed E-state index contributed by atoms with van der Waals surface area (Å²) >= 11 is 0. The van der Waals surface area contributed by atoms with Gasteiger partial charge in [0.25, 0.3) is 0 Å². The van der Waals surface area contributed by atoms with Crippen LogP contribution in [0.15, 0.2) is 54.6 Å². The Balaban J connectivity index is 1.51. The number of nitrogens with zero attached hydrogens (tertiary/aromatic N) is 1. The minimum atomic E-state index is 0.196. The van der Waals surface area contributed by atoms with Crippen molar-refractivity contribution < 1.29 is 9.53 Å². The fourth-order valence-electron chi connectivity index (χ4n) is 4.36. The van der Waals surface area contributed by atoms with Crippen LogP contribution in [0.5, 0.6) is 5.75 Å². The summed E-state index contributed by atoms with van der Waals surface area (Å²) in [6, 6.07) is 18.3. The molecule has 4 rings (SSSR count). The molecule has 0 aromatic heterocycles. The van der Waals surface area contributed by atoms with Gasteiger partial charge in [-0.05, 0) is 61.0 Å². The van der Waals surface area contributed by atoms with Crippen molar-refractivity contribution in [2.24, 2.45) is 11.3 Å². The molecule has 1 unspecified atom stereocenters. The van der Waals surface area contributed by atoms with Gasteiger partial charge in [0.2, 0.25) is 5.91 Å². The second-order valence-corrected chi connectivity index (χ2v) is 7.90. The van der Waals surface area contributed by atoms with Crippen LogP contribution < -0.4 is 10.1 Å². The molecule has 1 saturated carbocycles. The standard InChI is InChI=1S/C23H28N2O2/c1-27-20-9-7-19(8-10-20)17-25(16-18-5-3-2-4-6-18)22(26)21-15-23(21)11-13-24-14-12-23/h2-10,21,24H,11-17H2,1H3. The van der Waals surface area contributed by atoms with Gasteiger partial charge in [-0.3, -0.25) is 4.79 Å². The van der Waals surface area contributed by atoms with E-state index in [0.29, 0.717) is 19.0 Å². The summed E-state index contributed by atoms with van der Waals surface area (Å²) in [6.45, 7) is 3.39. The number of methoxy groups -OCH3 is 1. The average molecular weight is 364 g/mol. The van der Waals surface area contributed by atoms with Crippen molar-refractivity contribution in [2.75, 3.05) is 20.2 Å². The SMILES string of the molecule is COc1ccc(CN(Cc2ccccc2)C(=O)C2CC23CCNCC3)cc1. The molecule has 1 amide bonds. The van der Waals surface area contributed by atoms with E-state index in [1.54, 1.807) is 7.11 Å². The van der Waals surface area contributed by atoms with E-state index in [2.05, 4.69) is 29.6 Å². The zero-order chi connectivity index (χ0) is 18.7. The highest BCUT2D eigenvalue weighted by atomic mass is 16.5. The first kappa shape index (κ1) is 18.1. The Kier molecular flexibility index (Phi) is 5.17. The van der Waals surface area contributed by atoms with Crippen molar-refractivity contribution in [3.8, 4) is 5.75 Å². The molecule has 1 aliphatic carbocycles. The third kappa shape index (κ3) is 4.01. The van der Waals surface area contributed by atoms with Crippen LogP contribution in [0.25, 0.3) is 0 Å². The molecule has 27 heavy (non-hydrogen) atoms. The van der Waals surface area contributed by atoms with Crippen molar-refractivity contribution in [1.29, 1.82) is 0 Å². The minimum Gasteiger partial charge on any atom is -0.497 e. The van der Waals surface area contributed by atoms with Crippen molar-refractivity contribution >= 4 is 5.91 Å². The minimum absolute atomic E-state index is 0.196. The normalized spacial score (nSPS) is 20.3. The number of hydrogen-bond acceptors (Lipinski definition) is 3. The third-order valence-electron chi connectivity index (χ3n) is 6.15. The fourth-order valence-corrected chi connectivity index (χ4v) is 4.36. The Morgan fingerprint density at radius 1 is 1.04 bits per heavy atom. The molecule has 1 aliphatic heterocycles. The highest BCUT2D eigenvalue weighted by molar-refractivity contribution is 5.82. The molecule has 1 N–H and O–H groups in total. The maximum atomic E-state index is 13.4. The van der Waals surface area contributed by atoms with Crippen LogP contribution in [0, 0.1) is 11.3 Å². The van der Waals surface area contributed by atoms with Crippen LogP contribution in [-0.2, 0) is 17.9 Å². The lowest BCUT2D eigenvalue weighted by Crippen LogP contribution is -2.36. The van der Waals surface area contributed by atoms with E-state index in [1.165, 1.54) is 5.56 Å². The van der Waals surface area contributed by atoms with E-state index in [-0.39, 0.29) is 11.3 Å². The third-order valence-corrected chi connectivity index (χ3v) is 6.15. The number of rotatable bonds is 6. The fraction of sp³-hybridized carbons (Fsp3) is 0.435. The molecule has 2 aromatic carbocycles. The number of carbonyl (C=O) groups excluding carboxylic acids is 1. The Labute approximate surface area is 161 Å². The number of hydrogen-bond donors (Lipinski definition) is 1. The largest absolute Gasteiger partial charge is 0.497 e. The van der Waals surface area contributed by atoms with Gasteiger partial charge in [-0.2, -0.15) is 0 Å². The molecule has 1 atom stereocenters. The van der Waals surface area contributed by atoms with E-state index in [1.807, 2.05) is 35.2 Å². The van der Waals surface area contributed by atoms with Crippen LogP contribution in [-0.4, -0.2) is 31.0 Å². The molecule has 1 spiro atoms. The van der Waals surface area contributed by atoms with Gasteiger partial charge in [0, 0.05) is 19.0 Å². The maximum absolute atomic E-state index is 13.4. The van der Waals surface area contributed by atoms with Crippen molar-refractivity contribution in [3.63, 3.8) is 0 Å². The predicted octanol–water partition coefficient (Wildman–Crippen LogP) is 3.61. The zero-order valence-corrected chi connectivity index (χ0v) is 16.0. The van der Waals surface area contributed by atoms with Gasteiger partial charge in [0.05, 0.1) is 7.11 Å². The molecule has 2 fully saturated rings. The van der Waals surface area contributed by atoms with Gasteiger partial charge in [-0.25, -0.2) is 0 Å². The average Bonchev–Trinajstić information content (AvgIpc) is 3.41.